The Morgan fingerprint density at radius 1 is 1.00 bits per heavy atom. The number of nitro benzene ring substituents is 1. The molecule has 0 atom stereocenters. The van der Waals surface area contributed by atoms with Crippen molar-refractivity contribution in [2.24, 2.45) is 5.10 Å². The summed E-state index contributed by atoms with van der Waals surface area (Å²) in [5.74, 6) is -0.423. The highest BCUT2D eigenvalue weighted by Crippen LogP contribution is 2.29. The predicted octanol–water partition coefficient (Wildman–Crippen LogP) is 3.98. The van der Waals surface area contributed by atoms with Crippen LogP contribution in [-0.2, 0) is 0 Å². The van der Waals surface area contributed by atoms with Gasteiger partial charge < -0.3 is 9.47 Å². The molecule has 0 saturated heterocycles. The Balaban J connectivity index is 1.68. The molecule has 0 aliphatic rings. The summed E-state index contributed by atoms with van der Waals surface area (Å²) in [6.07, 6.45) is 1.40. The number of amides is 1. The van der Waals surface area contributed by atoms with Crippen molar-refractivity contribution in [3.63, 3.8) is 0 Å². The van der Waals surface area contributed by atoms with Crippen molar-refractivity contribution in [3.05, 3.63) is 99.6 Å². The quantitative estimate of drug-likeness (QED) is 0.189. The second-order valence-electron chi connectivity index (χ2n) is 6.40. The Hall–Kier alpha value is -4.53. The van der Waals surface area contributed by atoms with Crippen molar-refractivity contribution >= 4 is 23.8 Å². The minimum atomic E-state index is -0.545. The first kappa shape index (κ1) is 22.2. The van der Waals surface area contributed by atoms with E-state index in [9.17, 15) is 19.7 Å². The molecule has 0 fully saturated rings. The van der Waals surface area contributed by atoms with E-state index >= 15 is 0 Å². The zero-order valence-corrected chi connectivity index (χ0v) is 17.1. The van der Waals surface area contributed by atoms with Crippen LogP contribution in [0.1, 0.15) is 33.2 Å². The summed E-state index contributed by atoms with van der Waals surface area (Å²) in [5, 5.41) is 14.6. The molecule has 0 radical (unpaired) electrons. The van der Waals surface area contributed by atoms with Crippen molar-refractivity contribution in [1.29, 1.82) is 0 Å². The third-order valence-corrected chi connectivity index (χ3v) is 4.20. The van der Waals surface area contributed by atoms with Gasteiger partial charge in [0.1, 0.15) is 0 Å². The highest BCUT2D eigenvalue weighted by Gasteiger charge is 2.13. The van der Waals surface area contributed by atoms with E-state index in [2.05, 4.69) is 10.5 Å². The number of carbonyl (C=O) groups excluding carboxylic acids is 2. The van der Waals surface area contributed by atoms with Gasteiger partial charge in [0, 0.05) is 17.7 Å². The fraction of sp³-hybridized carbons (Fsp3) is 0.0870. The predicted molar refractivity (Wildman–Crippen MR) is 117 cm³/mol. The average molecular weight is 433 g/mol. The van der Waals surface area contributed by atoms with Gasteiger partial charge in [0.05, 0.1) is 23.3 Å². The Kier molecular flexibility index (Phi) is 7.26. The highest BCUT2D eigenvalue weighted by molar-refractivity contribution is 5.95. The second kappa shape index (κ2) is 10.5. The van der Waals surface area contributed by atoms with Crippen molar-refractivity contribution in [1.82, 2.24) is 5.43 Å². The van der Waals surface area contributed by atoms with E-state index in [0.29, 0.717) is 23.5 Å². The Labute approximate surface area is 183 Å². The monoisotopic (exact) mass is 433 g/mol. The van der Waals surface area contributed by atoms with Crippen LogP contribution in [0.15, 0.2) is 77.9 Å². The maximum absolute atomic E-state index is 12.3. The SMILES string of the molecule is CCOc1cc(C=NNC(=O)c2ccc([N+](=O)[O-])cc2)ccc1OC(=O)c1ccccc1. The lowest BCUT2D eigenvalue weighted by atomic mass is 10.2. The molecule has 3 aromatic carbocycles. The number of esters is 1. The molecule has 0 aromatic heterocycles. The van der Waals surface area contributed by atoms with Crippen LogP contribution in [0.3, 0.4) is 0 Å². The molecule has 0 aliphatic carbocycles. The van der Waals surface area contributed by atoms with E-state index in [4.69, 9.17) is 9.47 Å². The molecule has 162 valence electrons. The minimum absolute atomic E-state index is 0.110. The summed E-state index contributed by atoms with van der Waals surface area (Å²) in [5.41, 5.74) is 3.47. The number of nitro groups is 1. The van der Waals surface area contributed by atoms with E-state index in [-0.39, 0.29) is 17.0 Å². The van der Waals surface area contributed by atoms with Crippen LogP contribution in [0.4, 0.5) is 5.69 Å². The number of ether oxygens (including phenoxy) is 2. The molecule has 1 amide bonds. The van der Waals surface area contributed by atoms with Gasteiger partial charge in [-0.05, 0) is 55.0 Å². The fourth-order valence-electron chi connectivity index (χ4n) is 2.66. The lowest BCUT2D eigenvalue weighted by Crippen LogP contribution is -2.17. The average Bonchev–Trinajstić information content (AvgIpc) is 2.81. The number of nitrogens with zero attached hydrogens (tertiary/aromatic N) is 2. The number of hydrazone groups is 1. The first-order valence-corrected chi connectivity index (χ1v) is 9.60. The standard InChI is InChI=1S/C23H19N3O6/c1-2-31-21-14-16(8-13-20(21)32-23(28)18-6-4-3-5-7-18)15-24-25-22(27)17-9-11-19(12-10-17)26(29)30/h3-15H,2H2,1H3,(H,25,27). The summed E-state index contributed by atoms with van der Waals surface area (Å²) >= 11 is 0. The molecule has 9 nitrogen and oxygen atoms in total. The van der Waals surface area contributed by atoms with E-state index in [1.54, 1.807) is 55.5 Å². The molecule has 0 heterocycles. The Morgan fingerprint density at radius 2 is 1.72 bits per heavy atom. The molecule has 9 heteroatoms. The van der Waals surface area contributed by atoms with Gasteiger partial charge in [0.15, 0.2) is 11.5 Å². The molecule has 0 spiro atoms. The molecule has 32 heavy (non-hydrogen) atoms. The molecule has 3 aromatic rings. The lowest BCUT2D eigenvalue weighted by Gasteiger charge is -2.11. The smallest absolute Gasteiger partial charge is 0.343 e. The van der Waals surface area contributed by atoms with Crippen molar-refractivity contribution in [2.45, 2.75) is 6.92 Å². The van der Waals surface area contributed by atoms with Crippen LogP contribution in [0.2, 0.25) is 0 Å². The molecular weight excluding hydrogens is 414 g/mol. The van der Waals surface area contributed by atoms with E-state index in [1.807, 2.05) is 0 Å². The second-order valence-corrected chi connectivity index (χ2v) is 6.40. The minimum Gasteiger partial charge on any atom is -0.490 e. The van der Waals surface area contributed by atoms with Crippen molar-refractivity contribution in [3.8, 4) is 11.5 Å². The zero-order chi connectivity index (χ0) is 22.9. The van der Waals surface area contributed by atoms with Crippen LogP contribution in [0, 0.1) is 10.1 Å². The Bertz CT molecular complexity index is 1140. The summed E-state index contributed by atoms with van der Waals surface area (Å²) in [7, 11) is 0. The van der Waals surface area contributed by atoms with Crippen LogP contribution in [0.5, 0.6) is 11.5 Å². The van der Waals surface area contributed by atoms with Gasteiger partial charge in [-0.1, -0.05) is 18.2 Å². The van der Waals surface area contributed by atoms with Crippen molar-refractivity contribution < 1.29 is 24.0 Å². The van der Waals surface area contributed by atoms with Crippen LogP contribution in [0.25, 0.3) is 0 Å². The van der Waals surface area contributed by atoms with Crippen LogP contribution in [-0.4, -0.2) is 29.6 Å². The van der Waals surface area contributed by atoms with Gasteiger partial charge in [0.25, 0.3) is 11.6 Å². The number of hydrogen-bond acceptors (Lipinski definition) is 7. The fourth-order valence-corrected chi connectivity index (χ4v) is 2.66. The van der Waals surface area contributed by atoms with Gasteiger partial charge in [-0.25, -0.2) is 10.2 Å². The number of benzene rings is 3. The highest BCUT2D eigenvalue weighted by atomic mass is 16.6. The topological polar surface area (TPSA) is 120 Å². The van der Waals surface area contributed by atoms with Crippen LogP contribution < -0.4 is 14.9 Å². The molecule has 0 bridgehead atoms. The first-order chi connectivity index (χ1) is 15.5. The molecule has 3 rings (SSSR count). The Morgan fingerprint density at radius 3 is 2.38 bits per heavy atom. The van der Waals surface area contributed by atoms with Gasteiger partial charge in [-0.15, -0.1) is 0 Å². The molecule has 0 saturated carbocycles. The third-order valence-electron chi connectivity index (χ3n) is 4.20. The molecule has 0 aliphatic heterocycles. The van der Waals surface area contributed by atoms with E-state index in [0.717, 1.165) is 0 Å². The molecule has 1 N–H and O–H groups in total. The zero-order valence-electron chi connectivity index (χ0n) is 17.1. The maximum Gasteiger partial charge on any atom is 0.343 e. The number of non-ortho nitro benzene ring substituents is 1. The van der Waals surface area contributed by atoms with Gasteiger partial charge in [0.2, 0.25) is 0 Å². The first-order valence-electron chi connectivity index (χ1n) is 9.60. The number of hydrogen-bond donors (Lipinski definition) is 1. The number of carbonyl (C=O) groups is 2. The van der Waals surface area contributed by atoms with E-state index in [1.165, 1.54) is 30.5 Å². The van der Waals surface area contributed by atoms with Gasteiger partial charge >= 0.3 is 5.97 Å². The van der Waals surface area contributed by atoms with Crippen molar-refractivity contribution in [2.75, 3.05) is 6.61 Å². The summed E-state index contributed by atoms with van der Waals surface area (Å²) in [6.45, 7) is 2.15. The molecular formula is C23H19N3O6. The summed E-state index contributed by atoms with van der Waals surface area (Å²) < 4.78 is 11.0. The third kappa shape index (κ3) is 5.76. The summed E-state index contributed by atoms with van der Waals surface area (Å²) in [6, 6.07) is 18.6. The van der Waals surface area contributed by atoms with E-state index < -0.39 is 16.8 Å². The number of nitrogens with one attached hydrogen (secondary N) is 1. The largest absolute Gasteiger partial charge is 0.490 e. The number of rotatable bonds is 8. The van der Waals surface area contributed by atoms with Gasteiger partial charge in [-0.3, -0.25) is 14.9 Å². The normalized spacial score (nSPS) is 10.5. The lowest BCUT2D eigenvalue weighted by molar-refractivity contribution is -0.384. The van der Waals surface area contributed by atoms with Gasteiger partial charge in [-0.2, -0.15) is 5.10 Å². The maximum atomic E-state index is 12.3. The molecule has 0 unspecified atom stereocenters. The summed E-state index contributed by atoms with van der Waals surface area (Å²) in [4.78, 5) is 34.6. The van der Waals surface area contributed by atoms with Crippen LogP contribution >= 0.6 is 0 Å².